The smallest absolute Gasteiger partial charge is 0.189 e. The molecule has 146 heavy (non-hydrogen) atoms. The first-order chi connectivity index (χ1) is 72.2. The van der Waals surface area contributed by atoms with Crippen molar-refractivity contribution < 1.29 is 0 Å². The third-order valence-corrected chi connectivity index (χ3v) is 28.4. The van der Waals surface area contributed by atoms with Crippen molar-refractivity contribution in [2.75, 3.05) is 0 Å². The number of aromatic nitrogens is 6. The molecule has 0 aliphatic rings. The first-order valence-corrected chi connectivity index (χ1v) is 48.1. The molecular weight excluding hydrogens is 1780 g/mol. The Morgan fingerprint density at radius 3 is 0.767 bits per heavy atom. The Labute approximate surface area is 838 Å². The molecule has 0 spiro atoms. The molecule has 0 aliphatic carbocycles. The molecule has 27 rings (SSSR count). The van der Waals surface area contributed by atoms with Gasteiger partial charge in [0.05, 0.1) is 159 Å². The van der Waals surface area contributed by atoms with Gasteiger partial charge in [0.2, 0.25) is 0 Å². The zero-order valence-corrected chi connectivity index (χ0v) is 78.3. The minimum atomic E-state index is 0.573. The number of hydrogen-bond donors (Lipinski definition) is 0. The fraction of sp³-hybridized carbons (Fsp3) is 0. The Bertz CT molecular complexity index is 10400. The average molecular weight is 1860 g/mol. The highest BCUT2D eigenvalue weighted by Gasteiger charge is 2.28. The summed E-state index contributed by atoms with van der Waals surface area (Å²) in [6, 6.07) is 174. The Balaban J connectivity index is 0.000000114. The van der Waals surface area contributed by atoms with E-state index in [4.69, 9.17) is 6.57 Å². The predicted molar refractivity (Wildman–Crippen MR) is 593 cm³/mol. The van der Waals surface area contributed by atoms with Gasteiger partial charge in [-0.25, -0.2) is 4.85 Å². The van der Waals surface area contributed by atoms with Crippen molar-refractivity contribution >= 4 is 137 Å². The summed E-state index contributed by atoms with van der Waals surface area (Å²) in [6.07, 6.45) is 0. The normalized spacial score (nSPS) is 11.2. The van der Waals surface area contributed by atoms with E-state index < -0.39 is 0 Å². The van der Waals surface area contributed by atoms with E-state index >= 15 is 0 Å². The Morgan fingerprint density at radius 2 is 0.411 bits per heavy atom. The highest BCUT2D eigenvalue weighted by Crippen LogP contribution is 2.51. The number of benzene rings is 21. The summed E-state index contributed by atoms with van der Waals surface area (Å²) in [5.41, 5.74) is 35.9. The SMILES string of the molecule is N#Cc1ccc(-n2c3ccc(C#N)cc3c3c(-c4ccccc4-c4ccccc4-n4c5ccccc5c5ccccc54)cccc32)cc1.N#Cc1ccc2c(c1)c1ccccc1n2-c1ccccc1-c1ccccc1-c1cccc2c1c1cc(C#N)ccc1n2-c1ccccc1C#N.[C-]#[N+]c1cccc(-n2c3ccc(C#N)cc3c3c(-c4ccccc4-c4ccccc4-n4c5ccccc5c5ccccc54)cccc32)c1. The van der Waals surface area contributed by atoms with Gasteiger partial charge in [-0.1, -0.05) is 279 Å². The fourth-order valence-electron chi connectivity index (χ4n) is 22.3. The van der Waals surface area contributed by atoms with E-state index in [0.29, 0.717) is 39.1 Å². The van der Waals surface area contributed by atoms with Crippen LogP contribution in [0.25, 0.3) is 237 Å². The standard InChI is InChI=1S/C45H25N5.2C44H26N4/c46-26-29-20-22-42-37(24-29)35-14-5-8-18-41(35)50(42)40-17-7-4-13-34(40)32-11-2-3-12-33(32)36-15-9-19-44-45(36)38-25-30(27-47)21-23-43(38)49(44)39-16-6-1-10-31(39)28-48;1-46-30-12-10-13-31(27-30)47-42-25-24-29(28-45)26-38(42)44-37(19-11-23-43(44)47)33-15-3-2-14-32(33)34-16-4-7-20-39(34)48-40-21-8-5-17-35(40)36-18-6-9-22-41(36)48;45-27-29-20-23-31(24-21-29)47-42-25-22-30(28-46)26-38(42)44-37(15-9-19-43(44)47)33-11-2-1-10-32(33)34-12-3-6-16-39(34)48-40-17-7-4-13-35(40)36-14-5-8-18-41(36)48/h1-25H;2-27H;1-26H. The number of para-hydroxylation sites is 9. The van der Waals surface area contributed by atoms with E-state index in [1.54, 1.807) is 0 Å². The van der Waals surface area contributed by atoms with Crippen molar-refractivity contribution in [3.8, 4) is 137 Å². The van der Waals surface area contributed by atoms with Gasteiger partial charge in [0.25, 0.3) is 0 Å². The Morgan fingerprint density at radius 1 is 0.164 bits per heavy atom. The molecule has 0 N–H and O–H groups in total. The number of rotatable bonds is 12. The van der Waals surface area contributed by atoms with E-state index in [0.717, 1.165) is 188 Å². The summed E-state index contributed by atoms with van der Waals surface area (Å²) < 4.78 is 13.6. The van der Waals surface area contributed by atoms with E-state index in [1.807, 2.05) is 152 Å². The Hall–Kier alpha value is -21.1. The molecule has 0 saturated carbocycles. The third-order valence-electron chi connectivity index (χ3n) is 28.4. The maximum atomic E-state index is 10.1. The van der Waals surface area contributed by atoms with Crippen LogP contribution in [0, 0.1) is 74.6 Å². The van der Waals surface area contributed by atoms with Crippen molar-refractivity contribution in [2.24, 2.45) is 0 Å². The molecule has 27 aromatic rings. The second-order valence-corrected chi connectivity index (χ2v) is 36.2. The molecule has 0 amide bonds. The molecule has 13 nitrogen and oxygen atoms in total. The molecule has 21 aromatic carbocycles. The molecule has 0 bridgehead atoms. The first kappa shape index (κ1) is 86.4. The maximum Gasteiger partial charge on any atom is 0.189 e. The van der Waals surface area contributed by atoms with Crippen molar-refractivity contribution in [3.05, 3.63) is 512 Å². The van der Waals surface area contributed by atoms with Crippen LogP contribution in [-0.4, -0.2) is 27.4 Å². The average Bonchev–Trinajstić information content (AvgIpc) is 1.61. The Kier molecular flexibility index (Phi) is 21.3. The summed E-state index contributed by atoms with van der Waals surface area (Å²) in [7, 11) is 0. The predicted octanol–water partition coefficient (Wildman–Crippen LogP) is 33.4. The van der Waals surface area contributed by atoms with Gasteiger partial charge in [0.1, 0.15) is 6.07 Å². The van der Waals surface area contributed by atoms with Crippen LogP contribution < -0.4 is 0 Å². The van der Waals surface area contributed by atoms with Crippen LogP contribution in [0.3, 0.4) is 0 Å². The monoisotopic (exact) mass is 1860 g/mol. The summed E-state index contributed by atoms with van der Waals surface area (Å²) in [5.74, 6) is 0. The zero-order chi connectivity index (χ0) is 98.2. The van der Waals surface area contributed by atoms with Crippen molar-refractivity contribution in [2.45, 2.75) is 0 Å². The summed E-state index contributed by atoms with van der Waals surface area (Å²) in [5, 5.41) is 72.1. The van der Waals surface area contributed by atoms with Crippen LogP contribution >= 0.6 is 0 Å². The fourth-order valence-corrected chi connectivity index (χ4v) is 22.3. The molecule has 0 unspecified atom stereocenters. The van der Waals surface area contributed by atoms with E-state index in [2.05, 4.69) is 384 Å². The third kappa shape index (κ3) is 14.2. The molecule has 6 heterocycles. The number of nitrogens with zero attached hydrogens (tertiary/aromatic N) is 13. The van der Waals surface area contributed by atoms with Crippen molar-refractivity contribution in [1.82, 2.24) is 27.4 Å². The molecule has 0 aliphatic heterocycles. The first-order valence-electron chi connectivity index (χ1n) is 48.1. The van der Waals surface area contributed by atoms with Crippen molar-refractivity contribution in [3.63, 3.8) is 0 Å². The van der Waals surface area contributed by atoms with Crippen LogP contribution in [0.5, 0.6) is 0 Å². The minimum absolute atomic E-state index is 0.573. The van der Waals surface area contributed by atoms with E-state index in [9.17, 15) is 31.6 Å². The molecule has 0 fully saturated rings. The molecular formula is C133H77N13. The van der Waals surface area contributed by atoms with Crippen LogP contribution in [-0.2, 0) is 0 Å². The van der Waals surface area contributed by atoms with Gasteiger partial charge < -0.3 is 27.4 Å². The topological polar surface area (TPSA) is 177 Å². The number of fused-ring (bicyclic) bond motifs is 18. The maximum absolute atomic E-state index is 10.1. The van der Waals surface area contributed by atoms with Crippen LogP contribution in [0.1, 0.15) is 33.4 Å². The van der Waals surface area contributed by atoms with Gasteiger partial charge in [-0.3, -0.25) is 0 Å². The van der Waals surface area contributed by atoms with E-state index in [1.165, 1.54) is 43.6 Å². The summed E-state index contributed by atoms with van der Waals surface area (Å²) in [6.45, 7) is 7.63. The van der Waals surface area contributed by atoms with Crippen LogP contribution in [0.4, 0.5) is 5.69 Å². The second kappa shape index (κ2) is 36.0. The molecule has 674 valence electrons. The van der Waals surface area contributed by atoms with Gasteiger partial charge in [-0.15, -0.1) is 0 Å². The van der Waals surface area contributed by atoms with Gasteiger partial charge in [0, 0.05) is 92.7 Å². The van der Waals surface area contributed by atoms with Gasteiger partial charge >= 0.3 is 0 Å². The van der Waals surface area contributed by atoms with E-state index in [-0.39, 0.29) is 0 Å². The molecule has 13 heteroatoms. The lowest BCUT2D eigenvalue weighted by Gasteiger charge is -2.17. The van der Waals surface area contributed by atoms with Gasteiger partial charge in [0.15, 0.2) is 5.69 Å². The molecule has 0 atom stereocenters. The highest BCUT2D eigenvalue weighted by atomic mass is 15.0. The second-order valence-electron chi connectivity index (χ2n) is 36.2. The molecule has 6 aromatic heterocycles. The minimum Gasteiger partial charge on any atom is -0.310 e. The zero-order valence-electron chi connectivity index (χ0n) is 78.3. The number of nitriles is 6. The quantitative estimate of drug-likeness (QED) is 0.110. The van der Waals surface area contributed by atoms with Crippen LogP contribution in [0.2, 0.25) is 0 Å². The molecule has 0 saturated heterocycles. The largest absolute Gasteiger partial charge is 0.310 e. The summed E-state index contributed by atoms with van der Waals surface area (Å²) >= 11 is 0. The van der Waals surface area contributed by atoms with Gasteiger partial charge in [-0.05, 0) is 238 Å². The molecule has 0 radical (unpaired) electrons. The van der Waals surface area contributed by atoms with Crippen LogP contribution in [0.15, 0.2) is 467 Å². The van der Waals surface area contributed by atoms with Gasteiger partial charge in [-0.2, -0.15) is 31.6 Å². The lowest BCUT2D eigenvalue weighted by atomic mass is 9.91. The van der Waals surface area contributed by atoms with Crippen molar-refractivity contribution in [1.29, 1.82) is 31.6 Å². The number of hydrogen-bond acceptors (Lipinski definition) is 6. The highest BCUT2D eigenvalue weighted by molar-refractivity contribution is 6.22. The lowest BCUT2D eigenvalue weighted by Crippen LogP contribution is -1.98. The summed E-state index contributed by atoms with van der Waals surface area (Å²) in [4.78, 5) is 3.70. The lowest BCUT2D eigenvalue weighted by molar-refractivity contribution is 1.17.